The van der Waals surface area contributed by atoms with Gasteiger partial charge in [0.25, 0.3) is 0 Å². The highest BCUT2D eigenvalue weighted by molar-refractivity contribution is 7.09. The maximum Gasteiger partial charge on any atom is 0.357 e. The van der Waals surface area contributed by atoms with Gasteiger partial charge in [0.1, 0.15) is 5.01 Å². The standard InChI is InChI=1S/C18H21Cl2N3O3S/c1-11(2)6-7-23(9-16-21-15(10-27-16)17(24)26-3)18(25)22-14-5-4-12(19)8-13(14)20/h4-5,8,10-11H,6-7,9H2,1-3H3,(H,22,25). The van der Waals surface area contributed by atoms with Gasteiger partial charge >= 0.3 is 12.0 Å². The lowest BCUT2D eigenvalue weighted by molar-refractivity contribution is 0.0594. The van der Waals surface area contributed by atoms with E-state index in [1.807, 2.05) is 0 Å². The molecule has 0 radical (unpaired) electrons. The van der Waals surface area contributed by atoms with Crippen molar-refractivity contribution in [3.63, 3.8) is 0 Å². The number of urea groups is 1. The van der Waals surface area contributed by atoms with Crippen LogP contribution in [0.15, 0.2) is 23.6 Å². The number of rotatable bonds is 7. The first kappa shape index (κ1) is 21.5. The normalized spacial score (nSPS) is 10.7. The molecule has 0 aliphatic rings. The maximum absolute atomic E-state index is 12.8. The SMILES string of the molecule is COC(=O)c1csc(CN(CCC(C)C)C(=O)Nc2ccc(Cl)cc2Cl)n1. The van der Waals surface area contributed by atoms with E-state index in [9.17, 15) is 9.59 Å². The molecule has 1 aromatic heterocycles. The van der Waals surface area contributed by atoms with Gasteiger partial charge in [0, 0.05) is 16.9 Å². The average Bonchev–Trinajstić information content (AvgIpc) is 3.08. The minimum absolute atomic E-state index is 0.238. The molecule has 9 heteroatoms. The van der Waals surface area contributed by atoms with Gasteiger partial charge in [-0.05, 0) is 30.5 Å². The minimum Gasteiger partial charge on any atom is -0.464 e. The third kappa shape index (κ3) is 6.37. The highest BCUT2D eigenvalue weighted by atomic mass is 35.5. The predicted octanol–water partition coefficient (Wildman–Crippen LogP) is 5.32. The van der Waals surface area contributed by atoms with Gasteiger partial charge in [-0.15, -0.1) is 11.3 Å². The molecule has 146 valence electrons. The number of carbonyl (C=O) groups excluding carboxylic acids is 2. The van der Waals surface area contributed by atoms with Crippen LogP contribution in [0.3, 0.4) is 0 Å². The first-order valence-electron chi connectivity index (χ1n) is 8.33. The molecule has 0 aliphatic carbocycles. The molecule has 0 atom stereocenters. The number of methoxy groups -OCH3 is 1. The van der Waals surface area contributed by atoms with Crippen LogP contribution in [-0.2, 0) is 11.3 Å². The Morgan fingerprint density at radius 1 is 1.33 bits per heavy atom. The van der Waals surface area contributed by atoms with E-state index in [1.165, 1.54) is 18.4 Å². The second-order valence-corrected chi connectivity index (χ2v) is 8.06. The fourth-order valence-electron chi connectivity index (χ4n) is 2.20. The average molecular weight is 430 g/mol. The molecule has 0 spiro atoms. The largest absolute Gasteiger partial charge is 0.464 e. The fraction of sp³-hybridized carbons (Fsp3) is 0.389. The van der Waals surface area contributed by atoms with Crippen LogP contribution in [0.25, 0.3) is 0 Å². The molecule has 0 unspecified atom stereocenters. The molecule has 1 aromatic carbocycles. The molecule has 6 nitrogen and oxygen atoms in total. The summed E-state index contributed by atoms with van der Waals surface area (Å²) in [7, 11) is 1.31. The molecule has 0 aliphatic heterocycles. The number of ether oxygens (including phenoxy) is 1. The Labute approximate surface area is 172 Å². The highest BCUT2D eigenvalue weighted by Crippen LogP contribution is 2.26. The number of amides is 2. The van der Waals surface area contributed by atoms with Gasteiger partial charge in [0.2, 0.25) is 0 Å². The summed E-state index contributed by atoms with van der Waals surface area (Å²) >= 11 is 13.3. The number of nitrogens with one attached hydrogen (secondary N) is 1. The van der Waals surface area contributed by atoms with Crippen molar-refractivity contribution in [2.45, 2.75) is 26.8 Å². The van der Waals surface area contributed by atoms with Crippen LogP contribution in [0.5, 0.6) is 0 Å². The van der Waals surface area contributed by atoms with Crippen molar-refractivity contribution in [2.24, 2.45) is 5.92 Å². The third-order valence-corrected chi connectivity index (χ3v) is 5.09. The van der Waals surface area contributed by atoms with Gasteiger partial charge in [0.15, 0.2) is 5.69 Å². The van der Waals surface area contributed by atoms with E-state index in [2.05, 4.69) is 28.9 Å². The highest BCUT2D eigenvalue weighted by Gasteiger charge is 2.19. The minimum atomic E-state index is -0.497. The lowest BCUT2D eigenvalue weighted by Gasteiger charge is -2.23. The Kier molecular flexibility index (Phi) is 7.89. The van der Waals surface area contributed by atoms with Crippen LogP contribution in [0.2, 0.25) is 10.0 Å². The molecule has 0 fully saturated rings. The first-order chi connectivity index (χ1) is 12.8. The quantitative estimate of drug-likeness (QED) is 0.604. The Balaban J connectivity index is 2.13. The number of benzene rings is 1. The van der Waals surface area contributed by atoms with E-state index in [0.717, 1.165) is 6.42 Å². The van der Waals surface area contributed by atoms with Crippen LogP contribution in [0.4, 0.5) is 10.5 Å². The number of anilines is 1. The second kappa shape index (κ2) is 9.92. The molecule has 27 heavy (non-hydrogen) atoms. The zero-order chi connectivity index (χ0) is 20.0. The summed E-state index contributed by atoms with van der Waals surface area (Å²) < 4.78 is 4.67. The molecule has 1 heterocycles. The number of esters is 1. The zero-order valence-corrected chi connectivity index (χ0v) is 17.6. The Hall–Kier alpha value is -1.83. The van der Waals surface area contributed by atoms with E-state index in [-0.39, 0.29) is 18.3 Å². The number of thiazole rings is 1. The third-order valence-electron chi connectivity index (χ3n) is 3.71. The molecule has 2 aromatic rings. The summed E-state index contributed by atoms with van der Waals surface area (Å²) in [6.45, 7) is 5.00. The molecule has 1 N–H and O–H groups in total. The summed E-state index contributed by atoms with van der Waals surface area (Å²) in [6.07, 6.45) is 0.830. The van der Waals surface area contributed by atoms with Crippen molar-refractivity contribution < 1.29 is 14.3 Å². The first-order valence-corrected chi connectivity index (χ1v) is 9.97. The van der Waals surface area contributed by atoms with Crippen LogP contribution >= 0.6 is 34.5 Å². The molecular weight excluding hydrogens is 409 g/mol. The van der Waals surface area contributed by atoms with Crippen LogP contribution in [-0.4, -0.2) is 35.5 Å². The van der Waals surface area contributed by atoms with Gasteiger partial charge in [-0.3, -0.25) is 0 Å². The maximum atomic E-state index is 12.8. The van der Waals surface area contributed by atoms with E-state index in [1.54, 1.807) is 28.5 Å². The smallest absolute Gasteiger partial charge is 0.357 e. The monoisotopic (exact) mass is 429 g/mol. The van der Waals surface area contributed by atoms with Gasteiger partial charge in [0.05, 0.1) is 24.4 Å². The van der Waals surface area contributed by atoms with Crippen LogP contribution in [0.1, 0.15) is 35.8 Å². The molecule has 0 saturated carbocycles. The second-order valence-electron chi connectivity index (χ2n) is 6.28. The molecule has 2 amide bonds. The van der Waals surface area contributed by atoms with Gasteiger partial charge in [-0.2, -0.15) is 0 Å². The van der Waals surface area contributed by atoms with Crippen LogP contribution in [0, 0.1) is 5.92 Å². The summed E-state index contributed by atoms with van der Waals surface area (Å²) in [6, 6.07) is 4.59. The van der Waals surface area contributed by atoms with Crippen molar-refractivity contribution in [1.82, 2.24) is 9.88 Å². The Morgan fingerprint density at radius 2 is 2.07 bits per heavy atom. The van der Waals surface area contributed by atoms with Crippen molar-refractivity contribution in [3.8, 4) is 0 Å². The molecule has 0 saturated heterocycles. The predicted molar refractivity (Wildman–Crippen MR) is 109 cm³/mol. The lowest BCUT2D eigenvalue weighted by atomic mass is 10.1. The van der Waals surface area contributed by atoms with Gasteiger partial charge in [-0.1, -0.05) is 37.0 Å². The van der Waals surface area contributed by atoms with Crippen molar-refractivity contribution in [3.05, 3.63) is 44.3 Å². The molecular formula is C18H21Cl2N3O3S. The van der Waals surface area contributed by atoms with Crippen molar-refractivity contribution >= 4 is 52.2 Å². The molecule has 0 bridgehead atoms. The number of hydrogen-bond acceptors (Lipinski definition) is 5. The lowest BCUT2D eigenvalue weighted by Crippen LogP contribution is -2.35. The Morgan fingerprint density at radius 3 is 2.70 bits per heavy atom. The number of carbonyl (C=O) groups is 2. The van der Waals surface area contributed by atoms with Gasteiger partial charge in [-0.25, -0.2) is 14.6 Å². The number of aromatic nitrogens is 1. The van der Waals surface area contributed by atoms with Crippen molar-refractivity contribution in [2.75, 3.05) is 19.0 Å². The van der Waals surface area contributed by atoms with E-state index < -0.39 is 5.97 Å². The number of hydrogen-bond donors (Lipinski definition) is 1. The summed E-state index contributed by atoms with van der Waals surface area (Å²) in [5, 5.41) is 5.93. The summed E-state index contributed by atoms with van der Waals surface area (Å²) in [4.78, 5) is 30.2. The van der Waals surface area contributed by atoms with Crippen molar-refractivity contribution in [1.29, 1.82) is 0 Å². The van der Waals surface area contributed by atoms with E-state index in [4.69, 9.17) is 23.2 Å². The summed E-state index contributed by atoms with van der Waals surface area (Å²) in [5.41, 5.74) is 0.720. The molecule has 2 rings (SSSR count). The zero-order valence-electron chi connectivity index (χ0n) is 15.3. The van der Waals surface area contributed by atoms with E-state index >= 15 is 0 Å². The van der Waals surface area contributed by atoms with Gasteiger partial charge < -0.3 is 15.0 Å². The van der Waals surface area contributed by atoms with Crippen LogP contribution < -0.4 is 5.32 Å². The summed E-state index contributed by atoms with van der Waals surface area (Å²) in [5.74, 6) is -0.0648. The van der Waals surface area contributed by atoms with E-state index in [0.29, 0.717) is 33.2 Å². The fourth-order valence-corrected chi connectivity index (χ4v) is 3.43. The number of nitrogens with zero attached hydrogens (tertiary/aromatic N) is 2. The Bertz CT molecular complexity index is 811. The topological polar surface area (TPSA) is 71.5 Å². The number of halogens is 2.